The molecule has 2 heterocycles. The molecule has 2 aliphatic rings. The van der Waals surface area contributed by atoms with Crippen molar-refractivity contribution in [2.75, 3.05) is 24.7 Å². The minimum atomic E-state index is -0.351. The molecule has 134 valence electrons. The number of rotatable bonds is 3. The van der Waals surface area contributed by atoms with Crippen LogP contribution in [0.25, 0.3) is 0 Å². The second-order valence-electron chi connectivity index (χ2n) is 6.50. The van der Waals surface area contributed by atoms with Gasteiger partial charge < -0.3 is 20.1 Å². The van der Waals surface area contributed by atoms with E-state index in [0.717, 1.165) is 16.8 Å². The number of para-hydroxylation sites is 1. The summed E-state index contributed by atoms with van der Waals surface area (Å²) in [6.07, 6.45) is 0.797. The van der Waals surface area contributed by atoms with Gasteiger partial charge in [0.1, 0.15) is 13.2 Å². The molecule has 0 aliphatic carbocycles. The first-order valence-electron chi connectivity index (χ1n) is 8.70. The highest BCUT2D eigenvalue weighted by Gasteiger charge is 2.31. The summed E-state index contributed by atoms with van der Waals surface area (Å²) in [5.74, 6) is 0.674. The van der Waals surface area contributed by atoms with Crippen LogP contribution in [0.1, 0.15) is 23.5 Å². The molecule has 2 aromatic rings. The zero-order valence-corrected chi connectivity index (χ0v) is 14.3. The number of nitrogens with two attached hydrogens (primary N) is 1. The van der Waals surface area contributed by atoms with E-state index >= 15 is 0 Å². The van der Waals surface area contributed by atoms with Gasteiger partial charge >= 0.3 is 0 Å². The van der Waals surface area contributed by atoms with Crippen LogP contribution in [-0.4, -0.2) is 31.6 Å². The molecule has 2 amide bonds. The van der Waals surface area contributed by atoms with Crippen molar-refractivity contribution in [2.24, 2.45) is 5.73 Å². The first kappa shape index (κ1) is 16.4. The first-order chi connectivity index (χ1) is 12.6. The number of carbonyl (C=O) groups excluding carboxylic acids is 2. The third-order valence-corrected chi connectivity index (χ3v) is 4.85. The summed E-state index contributed by atoms with van der Waals surface area (Å²) in [6, 6.07) is 13.0. The maximum Gasteiger partial charge on any atom is 0.231 e. The molecular formula is C20H20N2O4. The van der Waals surface area contributed by atoms with Gasteiger partial charge in [0.25, 0.3) is 0 Å². The van der Waals surface area contributed by atoms with Crippen molar-refractivity contribution in [3.63, 3.8) is 0 Å². The number of primary amides is 1. The molecule has 0 bridgehead atoms. The predicted molar refractivity (Wildman–Crippen MR) is 96.5 cm³/mol. The number of nitrogens with zero attached hydrogens (tertiary/aromatic N) is 1. The number of anilines is 1. The molecule has 0 aromatic heterocycles. The monoisotopic (exact) mass is 352 g/mol. The largest absolute Gasteiger partial charge is 0.486 e. The molecule has 2 aromatic carbocycles. The van der Waals surface area contributed by atoms with E-state index in [4.69, 9.17) is 15.2 Å². The molecule has 6 nitrogen and oxygen atoms in total. The zero-order valence-electron chi connectivity index (χ0n) is 14.3. The van der Waals surface area contributed by atoms with Crippen LogP contribution >= 0.6 is 0 Å². The summed E-state index contributed by atoms with van der Waals surface area (Å²) in [5, 5.41) is 0. The molecule has 2 aliphatic heterocycles. The summed E-state index contributed by atoms with van der Waals surface area (Å²) in [6.45, 7) is 1.53. The Balaban J connectivity index is 1.57. The Morgan fingerprint density at radius 3 is 2.65 bits per heavy atom. The van der Waals surface area contributed by atoms with Gasteiger partial charge in [0.2, 0.25) is 11.8 Å². The lowest BCUT2D eigenvalue weighted by Gasteiger charge is -2.33. The average molecular weight is 352 g/mol. The Labute approximate surface area is 151 Å². The smallest absolute Gasteiger partial charge is 0.231 e. The van der Waals surface area contributed by atoms with Crippen LogP contribution in [0.3, 0.4) is 0 Å². The Bertz CT molecular complexity index is 865. The quantitative estimate of drug-likeness (QED) is 0.916. The molecule has 26 heavy (non-hydrogen) atoms. The van der Waals surface area contributed by atoms with E-state index in [1.165, 1.54) is 0 Å². The van der Waals surface area contributed by atoms with Gasteiger partial charge in [0.15, 0.2) is 11.5 Å². The van der Waals surface area contributed by atoms with Crippen molar-refractivity contribution in [1.82, 2.24) is 0 Å². The predicted octanol–water partition coefficient (Wildman–Crippen LogP) is 2.01. The molecule has 2 N–H and O–H groups in total. The maximum absolute atomic E-state index is 12.9. The number of ether oxygens (including phenoxy) is 2. The van der Waals surface area contributed by atoms with Crippen LogP contribution in [-0.2, 0) is 16.0 Å². The summed E-state index contributed by atoms with van der Waals surface area (Å²) >= 11 is 0. The van der Waals surface area contributed by atoms with Gasteiger partial charge in [0.05, 0.1) is 12.3 Å². The molecule has 1 unspecified atom stereocenters. The third-order valence-electron chi connectivity index (χ3n) is 4.85. The highest BCUT2D eigenvalue weighted by Crippen LogP contribution is 2.36. The Morgan fingerprint density at radius 1 is 1.08 bits per heavy atom. The second-order valence-corrected chi connectivity index (χ2v) is 6.50. The van der Waals surface area contributed by atoms with Gasteiger partial charge in [-0.1, -0.05) is 24.3 Å². The lowest BCUT2D eigenvalue weighted by atomic mass is 9.89. The summed E-state index contributed by atoms with van der Waals surface area (Å²) in [5.41, 5.74) is 7.98. The minimum Gasteiger partial charge on any atom is -0.486 e. The molecular weight excluding hydrogens is 332 g/mol. The van der Waals surface area contributed by atoms with Crippen molar-refractivity contribution < 1.29 is 19.1 Å². The Kier molecular flexibility index (Phi) is 4.24. The number of fused-ring (bicyclic) bond motifs is 2. The van der Waals surface area contributed by atoms with Gasteiger partial charge in [-0.3, -0.25) is 9.59 Å². The van der Waals surface area contributed by atoms with Gasteiger partial charge in [-0.2, -0.15) is 0 Å². The molecule has 0 fully saturated rings. The molecule has 0 spiro atoms. The van der Waals surface area contributed by atoms with Crippen molar-refractivity contribution >= 4 is 17.5 Å². The fourth-order valence-corrected chi connectivity index (χ4v) is 3.58. The molecule has 0 saturated carbocycles. The van der Waals surface area contributed by atoms with Crippen LogP contribution < -0.4 is 20.1 Å². The molecule has 0 saturated heterocycles. The second kappa shape index (κ2) is 6.71. The van der Waals surface area contributed by atoms with Gasteiger partial charge in [-0.15, -0.1) is 0 Å². The van der Waals surface area contributed by atoms with Crippen LogP contribution in [0.4, 0.5) is 5.69 Å². The fraction of sp³-hybridized carbons (Fsp3) is 0.300. The highest BCUT2D eigenvalue weighted by atomic mass is 16.6. The molecule has 6 heteroatoms. The first-order valence-corrected chi connectivity index (χ1v) is 8.70. The zero-order chi connectivity index (χ0) is 18.1. The van der Waals surface area contributed by atoms with E-state index in [1.807, 2.05) is 42.5 Å². The van der Waals surface area contributed by atoms with Gasteiger partial charge in [0, 0.05) is 12.2 Å². The normalized spacial score (nSPS) is 18.2. The van der Waals surface area contributed by atoms with Crippen molar-refractivity contribution in [3.05, 3.63) is 53.6 Å². The van der Waals surface area contributed by atoms with E-state index in [0.29, 0.717) is 37.7 Å². The van der Waals surface area contributed by atoms with E-state index < -0.39 is 0 Å². The van der Waals surface area contributed by atoms with Gasteiger partial charge in [-0.05, 0) is 35.7 Å². The third kappa shape index (κ3) is 2.98. The van der Waals surface area contributed by atoms with E-state index in [9.17, 15) is 9.59 Å². The number of carbonyl (C=O) groups is 2. The van der Waals surface area contributed by atoms with Crippen LogP contribution in [0.2, 0.25) is 0 Å². The van der Waals surface area contributed by atoms with Gasteiger partial charge in [-0.25, -0.2) is 0 Å². The van der Waals surface area contributed by atoms with Crippen molar-refractivity contribution in [2.45, 2.75) is 18.8 Å². The highest BCUT2D eigenvalue weighted by molar-refractivity contribution is 5.98. The van der Waals surface area contributed by atoms with E-state index in [-0.39, 0.29) is 24.2 Å². The van der Waals surface area contributed by atoms with E-state index in [2.05, 4.69) is 0 Å². The minimum absolute atomic E-state index is 0.0166. The number of benzene rings is 2. The van der Waals surface area contributed by atoms with Crippen LogP contribution in [0.5, 0.6) is 11.5 Å². The SMILES string of the molecule is NC(=O)C1CCN(C(=O)Cc2ccc3c(c2)OCCO3)c2ccccc21. The lowest BCUT2D eigenvalue weighted by molar-refractivity contribution is -0.121. The fourth-order valence-electron chi connectivity index (χ4n) is 3.58. The summed E-state index contributed by atoms with van der Waals surface area (Å²) < 4.78 is 11.1. The number of amides is 2. The van der Waals surface area contributed by atoms with E-state index in [1.54, 1.807) is 4.90 Å². The standard InChI is InChI=1S/C20H20N2O4/c21-20(24)15-7-8-22(16-4-2-1-3-14(15)16)19(23)12-13-5-6-17-18(11-13)26-10-9-25-17/h1-6,11,15H,7-10,12H2,(H2,21,24). The summed E-state index contributed by atoms with van der Waals surface area (Å²) in [4.78, 5) is 26.4. The number of hydrogen-bond acceptors (Lipinski definition) is 4. The molecule has 4 rings (SSSR count). The van der Waals surface area contributed by atoms with Crippen molar-refractivity contribution in [1.29, 1.82) is 0 Å². The maximum atomic E-state index is 12.9. The summed E-state index contributed by atoms with van der Waals surface area (Å²) in [7, 11) is 0. The average Bonchev–Trinajstić information content (AvgIpc) is 2.66. The number of hydrogen-bond donors (Lipinski definition) is 1. The topological polar surface area (TPSA) is 81.9 Å². The molecule has 0 radical (unpaired) electrons. The Morgan fingerprint density at radius 2 is 1.85 bits per heavy atom. The Hall–Kier alpha value is -3.02. The lowest BCUT2D eigenvalue weighted by Crippen LogP contribution is -2.40. The van der Waals surface area contributed by atoms with Crippen LogP contribution in [0, 0.1) is 0 Å². The van der Waals surface area contributed by atoms with Crippen molar-refractivity contribution in [3.8, 4) is 11.5 Å². The van der Waals surface area contributed by atoms with Crippen LogP contribution in [0.15, 0.2) is 42.5 Å². The molecule has 1 atom stereocenters.